The number of nitrogens with two attached hydrogens (primary N) is 1. The second-order valence-electron chi connectivity index (χ2n) is 5.97. The third-order valence-corrected chi connectivity index (χ3v) is 4.32. The lowest BCUT2D eigenvalue weighted by Crippen LogP contribution is -2.42. The predicted molar refractivity (Wildman–Crippen MR) is 95.4 cm³/mol. The van der Waals surface area contributed by atoms with E-state index in [2.05, 4.69) is 23.2 Å². The van der Waals surface area contributed by atoms with E-state index in [1.165, 1.54) is 0 Å². The van der Waals surface area contributed by atoms with Crippen LogP contribution in [0.25, 0.3) is 5.70 Å². The van der Waals surface area contributed by atoms with Crippen LogP contribution in [0.3, 0.4) is 0 Å². The molecule has 23 heavy (non-hydrogen) atoms. The Morgan fingerprint density at radius 2 is 2.17 bits per heavy atom. The van der Waals surface area contributed by atoms with Gasteiger partial charge in [0.1, 0.15) is 5.75 Å². The number of rotatable bonds is 7. The molecule has 4 N–H and O–H groups in total. The minimum absolute atomic E-state index is 0.240. The van der Waals surface area contributed by atoms with Crippen molar-refractivity contribution >= 4 is 11.4 Å². The molecule has 1 aliphatic rings. The highest BCUT2D eigenvalue weighted by atomic mass is 16.5. The van der Waals surface area contributed by atoms with Crippen molar-refractivity contribution in [3.8, 4) is 5.75 Å². The summed E-state index contributed by atoms with van der Waals surface area (Å²) in [5.41, 5.74) is 8.82. The first kappa shape index (κ1) is 17.6. The minimum Gasteiger partial charge on any atom is -0.495 e. The van der Waals surface area contributed by atoms with Crippen LogP contribution in [-0.4, -0.2) is 49.4 Å². The van der Waals surface area contributed by atoms with Gasteiger partial charge in [-0.1, -0.05) is 19.1 Å². The summed E-state index contributed by atoms with van der Waals surface area (Å²) >= 11 is 0. The van der Waals surface area contributed by atoms with Crippen molar-refractivity contribution in [3.63, 3.8) is 0 Å². The number of hydrogen-bond donors (Lipinski definition) is 3. The molecule has 0 amide bonds. The molecule has 0 spiro atoms. The van der Waals surface area contributed by atoms with Crippen molar-refractivity contribution in [2.45, 2.75) is 32.2 Å². The molecule has 0 bridgehead atoms. The number of methoxy groups -OCH3 is 1. The van der Waals surface area contributed by atoms with E-state index in [-0.39, 0.29) is 6.61 Å². The molecule has 128 valence electrons. The van der Waals surface area contributed by atoms with Crippen molar-refractivity contribution in [1.82, 2.24) is 10.2 Å². The molecule has 0 atom stereocenters. The highest BCUT2D eigenvalue weighted by molar-refractivity contribution is 5.69. The van der Waals surface area contributed by atoms with E-state index in [9.17, 15) is 0 Å². The topological polar surface area (TPSA) is 70.8 Å². The van der Waals surface area contributed by atoms with E-state index >= 15 is 0 Å². The van der Waals surface area contributed by atoms with Gasteiger partial charge in [-0.15, -0.1) is 0 Å². The number of allylic oxidation sites excluding steroid dienone is 1. The average Bonchev–Trinajstić information content (AvgIpc) is 2.57. The number of nitrogen functional groups attached to an aromatic ring is 1. The molecule has 0 aromatic heterocycles. The Bertz CT molecular complexity index is 523. The fourth-order valence-corrected chi connectivity index (χ4v) is 3.01. The molecule has 5 heteroatoms. The Balaban J connectivity index is 2.04. The van der Waals surface area contributed by atoms with Gasteiger partial charge in [0.2, 0.25) is 0 Å². The van der Waals surface area contributed by atoms with E-state index < -0.39 is 0 Å². The molecule has 1 saturated heterocycles. The van der Waals surface area contributed by atoms with Crippen LogP contribution in [0, 0.1) is 0 Å². The molecule has 2 rings (SSSR count). The third kappa shape index (κ3) is 4.88. The van der Waals surface area contributed by atoms with Crippen LogP contribution >= 0.6 is 0 Å². The first-order valence-electron chi connectivity index (χ1n) is 8.41. The molecule has 0 radical (unpaired) electrons. The Hall–Kier alpha value is -1.72. The van der Waals surface area contributed by atoms with Crippen molar-refractivity contribution < 1.29 is 9.84 Å². The zero-order chi connectivity index (χ0) is 16.7. The van der Waals surface area contributed by atoms with Crippen LogP contribution in [-0.2, 0) is 0 Å². The van der Waals surface area contributed by atoms with Gasteiger partial charge in [0.05, 0.1) is 19.4 Å². The fraction of sp³-hybridized carbons (Fsp3) is 0.556. The van der Waals surface area contributed by atoms with Gasteiger partial charge in [-0.25, -0.2) is 0 Å². The van der Waals surface area contributed by atoms with Crippen LogP contribution in [0.5, 0.6) is 5.75 Å². The van der Waals surface area contributed by atoms with Crippen LogP contribution in [0.2, 0.25) is 0 Å². The van der Waals surface area contributed by atoms with Gasteiger partial charge in [-0.05, 0) is 31.4 Å². The Morgan fingerprint density at radius 1 is 1.43 bits per heavy atom. The molecular formula is C18H29N3O2. The summed E-state index contributed by atoms with van der Waals surface area (Å²) in [5.74, 6) is 0.712. The zero-order valence-electron chi connectivity index (χ0n) is 14.2. The summed E-state index contributed by atoms with van der Waals surface area (Å²) in [5, 5.41) is 12.7. The van der Waals surface area contributed by atoms with E-state index in [4.69, 9.17) is 15.6 Å². The standard InChI is InChI=1S/C18H29N3O2/c1-3-4-17(14-5-6-16(19)18(13-14)23-2)20-15-7-9-21(10-8-15)11-12-22/h4-6,13,15,20,22H,3,7-12,19H2,1-2H3/b17-4-. The molecule has 1 aliphatic heterocycles. The number of likely N-dealkylation sites (tertiary alicyclic amines) is 1. The lowest BCUT2D eigenvalue weighted by atomic mass is 10.0. The second-order valence-corrected chi connectivity index (χ2v) is 5.97. The fourth-order valence-electron chi connectivity index (χ4n) is 3.01. The number of anilines is 1. The summed E-state index contributed by atoms with van der Waals surface area (Å²) in [6.45, 7) is 5.22. The Kier molecular flexibility index (Phi) is 6.74. The largest absolute Gasteiger partial charge is 0.495 e. The number of piperidine rings is 1. The van der Waals surface area contributed by atoms with Gasteiger partial charge in [0, 0.05) is 36.9 Å². The highest BCUT2D eigenvalue weighted by Crippen LogP contribution is 2.26. The summed E-state index contributed by atoms with van der Waals surface area (Å²) in [6, 6.07) is 6.38. The quantitative estimate of drug-likeness (QED) is 0.671. The van der Waals surface area contributed by atoms with Crippen LogP contribution in [0.15, 0.2) is 24.3 Å². The van der Waals surface area contributed by atoms with Gasteiger partial charge in [-0.2, -0.15) is 0 Å². The second kappa shape index (κ2) is 8.79. The van der Waals surface area contributed by atoms with E-state index in [0.29, 0.717) is 17.5 Å². The third-order valence-electron chi connectivity index (χ3n) is 4.32. The highest BCUT2D eigenvalue weighted by Gasteiger charge is 2.19. The first-order valence-corrected chi connectivity index (χ1v) is 8.41. The lowest BCUT2D eigenvalue weighted by Gasteiger charge is -2.33. The number of ether oxygens (including phenoxy) is 1. The molecule has 1 aromatic carbocycles. The normalized spacial score (nSPS) is 17.3. The number of benzene rings is 1. The number of hydrogen-bond acceptors (Lipinski definition) is 5. The smallest absolute Gasteiger partial charge is 0.142 e. The number of aliphatic hydroxyl groups excluding tert-OH is 1. The lowest BCUT2D eigenvalue weighted by molar-refractivity contribution is 0.160. The summed E-state index contributed by atoms with van der Waals surface area (Å²) in [4.78, 5) is 2.31. The monoisotopic (exact) mass is 319 g/mol. The molecule has 0 aliphatic carbocycles. The number of nitrogens with one attached hydrogen (secondary N) is 1. The average molecular weight is 319 g/mol. The number of aliphatic hydroxyl groups is 1. The maximum atomic E-state index is 9.03. The Labute approximate surface area is 139 Å². The maximum absolute atomic E-state index is 9.03. The maximum Gasteiger partial charge on any atom is 0.142 e. The van der Waals surface area contributed by atoms with Crippen LogP contribution in [0.4, 0.5) is 5.69 Å². The SMILES string of the molecule is CC/C=C(\NC1CCN(CCO)CC1)c1ccc(N)c(OC)c1. The van der Waals surface area contributed by atoms with Gasteiger partial charge in [-0.3, -0.25) is 0 Å². The summed E-state index contributed by atoms with van der Waals surface area (Å²) < 4.78 is 5.33. The molecule has 0 unspecified atom stereocenters. The molecule has 1 heterocycles. The van der Waals surface area contributed by atoms with Gasteiger partial charge in [0.25, 0.3) is 0 Å². The van der Waals surface area contributed by atoms with E-state index in [1.807, 2.05) is 18.2 Å². The van der Waals surface area contributed by atoms with E-state index in [0.717, 1.165) is 50.2 Å². The molecule has 1 fully saturated rings. The van der Waals surface area contributed by atoms with Crippen molar-refractivity contribution in [3.05, 3.63) is 29.8 Å². The number of β-amino-alcohol motifs (C(OH)–C–C–N with tert-alkyl or cyclic N) is 1. The van der Waals surface area contributed by atoms with Gasteiger partial charge in [0.15, 0.2) is 0 Å². The van der Waals surface area contributed by atoms with Crippen molar-refractivity contribution in [1.29, 1.82) is 0 Å². The first-order chi connectivity index (χ1) is 11.2. The van der Waals surface area contributed by atoms with Gasteiger partial charge >= 0.3 is 0 Å². The summed E-state index contributed by atoms with van der Waals surface area (Å²) in [7, 11) is 1.64. The molecular weight excluding hydrogens is 290 g/mol. The minimum atomic E-state index is 0.240. The number of nitrogens with zero attached hydrogens (tertiary/aromatic N) is 1. The Morgan fingerprint density at radius 3 is 2.78 bits per heavy atom. The molecule has 1 aromatic rings. The molecule has 5 nitrogen and oxygen atoms in total. The predicted octanol–water partition coefficient (Wildman–Crippen LogP) is 2.07. The van der Waals surface area contributed by atoms with Crippen molar-refractivity contribution in [2.24, 2.45) is 0 Å². The van der Waals surface area contributed by atoms with Gasteiger partial charge < -0.3 is 25.8 Å². The van der Waals surface area contributed by atoms with Crippen molar-refractivity contribution in [2.75, 3.05) is 39.1 Å². The summed E-state index contributed by atoms with van der Waals surface area (Å²) in [6.07, 6.45) is 5.36. The molecule has 0 saturated carbocycles. The van der Waals surface area contributed by atoms with E-state index in [1.54, 1.807) is 7.11 Å². The van der Waals surface area contributed by atoms with Crippen LogP contribution < -0.4 is 15.8 Å². The van der Waals surface area contributed by atoms with Crippen LogP contribution in [0.1, 0.15) is 31.7 Å². The zero-order valence-corrected chi connectivity index (χ0v) is 14.2.